The van der Waals surface area contributed by atoms with Gasteiger partial charge in [0.2, 0.25) is 0 Å². The largest absolute Gasteiger partial charge is 0.487 e. The number of carbonyl (C=O) groups excluding carboxylic acids is 1. The topological polar surface area (TPSA) is 63.2 Å². The fourth-order valence-corrected chi connectivity index (χ4v) is 2.78. The number of carbonyl (C=O) groups is 1. The summed E-state index contributed by atoms with van der Waals surface area (Å²) in [4.78, 5) is 16.3. The highest BCUT2D eigenvalue weighted by atomic mass is 35.5. The van der Waals surface area contributed by atoms with Gasteiger partial charge in [0.05, 0.1) is 16.4 Å². The summed E-state index contributed by atoms with van der Waals surface area (Å²) in [6.45, 7) is 0.727. The Morgan fingerprint density at radius 1 is 1.04 bits per heavy atom. The maximum Gasteiger partial charge on any atom is 0.319 e. The van der Waals surface area contributed by atoms with Gasteiger partial charge in [0.1, 0.15) is 12.4 Å². The molecule has 0 aliphatic heterocycles. The molecule has 1 heterocycles. The number of nitrogens with one attached hydrogen (secondary N) is 2. The number of urea groups is 1. The Morgan fingerprint density at radius 2 is 1.93 bits per heavy atom. The van der Waals surface area contributed by atoms with Gasteiger partial charge < -0.3 is 15.4 Å². The van der Waals surface area contributed by atoms with Crippen LogP contribution in [0.2, 0.25) is 10.0 Å². The van der Waals surface area contributed by atoms with Crippen LogP contribution in [0.15, 0.2) is 66.9 Å². The Morgan fingerprint density at radius 3 is 2.70 bits per heavy atom. The van der Waals surface area contributed by atoms with Crippen molar-refractivity contribution >= 4 is 34.9 Å². The summed E-state index contributed by atoms with van der Waals surface area (Å²) < 4.78 is 5.74. The predicted molar refractivity (Wildman–Crippen MR) is 107 cm³/mol. The molecule has 0 atom stereocenters. The number of amides is 2. The maximum atomic E-state index is 12.1. The fourth-order valence-electron chi connectivity index (χ4n) is 2.33. The van der Waals surface area contributed by atoms with Crippen LogP contribution < -0.4 is 15.4 Å². The first-order valence-electron chi connectivity index (χ1n) is 8.22. The van der Waals surface area contributed by atoms with Gasteiger partial charge in [-0.05, 0) is 48.0 Å². The highest BCUT2D eigenvalue weighted by Gasteiger charge is 2.06. The number of anilines is 1. The molecule has 1 aromatic heterocycles. The first kappa shape index (κ1) is 19.0. The number of aromatic nitrogens is 1. The summed E-state index contributed by atoms with van der Waals surface area (Å²) in [5, 5.41) is 6.35. The minimum atomic E-state index is -0.362. The Bertz CT molecular complexity index is 920. The molecule has 27 heavy (non-hydrogen) atoms. The third-order valence-electron chi connectivity index (χ3n) is 3.64. The first-order chi connectivity index (χ1) is 13.1. The molecule has 138 valence electrons. The average molecular weight is 402 g/mol. The molecule has 0 unspecified atom stereocenters. The van der Waals surface area contributed by atoms with Gasteiger partial charge in [0.25, 0.3) is 0 Å². The van der Waals surface area contributed by atoms with E-state index in [4.69, 9.17) is 27.9 Å². The van der Waals surface area contributed by atoms with Crippen molar-refractivity contribution in [1.82, 2.24) is 10.3 Å². The molecule has 7 heteroatoms. The molecular weight excluding hydrogens is 385 g/mol. The second-order valence-corrected chi connectivity index (χ2v) is 6.53. The lowest BCUT2D eigenvalue weighted by atomic mass is 10.2. The summed E-state index contributed by atoms with van der Waals surface area (Å²) in [6.07, 6.45) is 1.73. The third-order valence-corrected chi connectivity index (χ3v) is 4.19. The molecule has 2 amide bonds. The number of hydrogen-bond donors (Lipinski definition) is 2. The molecule has 0 aliphatic rings. The molecule has 3 rings (SSSR count). The number of hydrogen-bond acceptors (Lipinski definition) is 3. The van der Waals surface area contributed by atoms with E-state index in [9.17, 15) is 4.79 Å². The van der Waals surface area contributed by atoms with Gasteiger partial charge in [-0.3, -0.25) is 4.98 Å². The zero-order chi connectivity index (χ0) is 19.1. The molecule has 0 fully saturated rings. The number of nitrogens with zero attached hydrogens (tertiary/aromatic N) is 1. The van der Waals surface area contributed by atoms with E-state index in [1.807, 2.05) is 42.5 Å². The summed E-state index contributed by atoms with van der Waals surface area (Å²) in [6, 6.07) is 17.7. The molecule has 2 aromatic carbocycles. The second kappa shape index (κ2) is 9.26. The molecule has 5 nitrogen and oxygen atoms in total. The van der Waals surface area contributed by atoms with Crippen molar-refractivity contribution in [2.24, 2.45) is 0 Å². The van der Waals surface area contributed by atoms with Gasteiger partial charge in [-0.25, -0.2) is 4.79 Å². The lowest BCUT2D eigenvalue weighted by Gasteiger charge is -2.11. The van der Waals surface area contributed by atoms with Crippen molar-refractivity contribution in [1.29, 1.82) is 0 Å². The van der Waals surface area contributed by atoms with Crippen LogP contribution >= 0.6 is 23.2 Å². The summed E-state index contributed by atoms with van der Waals surface area (Å²) >= 11 is 11.9. The van der Waals surface area contributed by atoms with Gasteiger partial charge in [0, 0.05) is 17.8 Å². The van der Waals surface area contributed by atoms with Gasteiger partial charge >= 0.3 is 6.03 Å². The maximum absolute atomic E-state index is 12.1. The molecule has 0 radical (unpaired) electrons. The number of rotatable bonds is 6. The van der Waals surface area contributed by atoms with E-state index < -0.39 is 0 Å². The summed E-state index contributed by atoms with van der Waals surface area (Å²) in [7, 11) is 0. The third kappa shape index (κ3) is 5.88. The Labute approximate surface area is 167 Å². The van der Waals surface area contributed by atoms with Crippen LogP contribution in [0.4, 0.5) is 10.5 Å². The molecule has 3 aromatic rings. The minimum Gasteiger partial charge on any atom is -0.487 e. The van der Waals surface area contributed by atoms with Gasteiger partial charge in [-0.1, -0.05) is 41.4 Å². The summed E-state index contributed by atoms with van der Waals surface area (Å²) in [5.41, 5.74) is 2.25. The van der Waals surface area contributed by atoms with E-state index in [2.05, 4.69) is 15.6 Å². The van der Waals surface area contributed by atoms with E-state index in [-0.39, 0.29) is 6.03 Å². The highest BCUT2D eigenvalue weighted by Crippen LogP contribution is 2.25. The van der Waals surface area contributed by atoms with Crippen LogP contribution in [0.1, 0.15) is 11.3 Å². The molecule has 0 saturated heterocycles. The molecular formula is C20H17Cl2N3O2. The van der Waals surface area contributed by atoms with Gasteiger partial charge in [-0.15, -0.1) is 0 Å². The Kier molecular flexibility index (Phi) is 6.52. The van der Waals surface area contributed by atoms with E-state index >= 15 is 0 Å². The molecule has 0 saturated carbocycles. The zero-order valence-corrected chi connectivity index (χ0v) is 15.8. The van der Waals surface area contributed by atoms with Crippen LogP contribution in [-0.2, 0) is 13.2 Å². The average Bonchev–Trinajstić information content (AvgIpc) is 2.68. The van der Waals surface area contributed by atoms with E-state index in [0.29, 0.717) is 34.6 Å². The molecule has 0 bridgehead atoms. The van der Waals surface area contributed by atoms with Crippen LogP contribution in [-0.4, -0.2) is 11.0 Å². The minimum absolute atomic E-state index is 0.345. The fraction of sp³-hybridized carbons (Fsp3) is 0.100. The zero-order valence-electron chi connectivity index (χ0n) is 14.3. The number of halogens is 2. The van der Waals surface area contributed by atoms with Crippen LogP contribution in [0.5, 0.6) is 5.75 Å². The number of pyridine rings is 1. The van der Waals surface area contributed by atoms with Crippen molar-refractivity contribution in [3.8, 4) is 5.75 Å². The lowest BCUT2D eigenvalue weighted by molar-refractivity contribution is 0.251. The normalized spacial score (nSPS) is 10.3. The number of benzene rings is 2. The predicted octanol–water partition coefficient (Wildman–Crippen LogP) is 5.29. The molecule has 0 aliphatic carbocycles. The van der Waals surface area contributed by atoms with Gasteiger partial charge in [0.15, 0.2) is 0 Å². The van der Waals surface area contributed by atoms with Crippen LogP contribution in [0, 0.1) is 0 Å². The van der Waals surface area contributed by atoms with Crippen LogP contribution in [0.3, 0.4) is 0 Å². The van der Waals surface area contributed by atoms with Crippen molar-refractivity contribution in [2.45, 2.75) is 13.2 Å². The van der Waals surface area contributed by atoms with Crippen LogP contribution in [0.25, 0.3) is 0 Å². The first-order valence-corrected chi connectivity index (χ1v) is 8.97. The van der Waals surface area contributed by atoms with Crippen molar-refractivity contribution in [2.75, 3.05) is 5.32 Å². The van der Waals surface area contributed by atoms with Crippen molar-refractivity contribution in [3.63, 3.8) is 0 Å². The second-order valence-electron chi connectivity index (χ2n) is 5.69. The van der Waals surface area contributed by atoms with Crippen molar-refractivity contribution < 1.29 is 9.53 Å². The molecule has 2 N–H and O–H groups in total. The highest BCUT2D eigenvalue weighted by molar-refractivity contribution is 6.36. The summed E-state index contributed by atoms with van der Waals surface area (Å²) in [5.74, 6) is 0.709. The monoisotopic (exact) mass is 401 g/mol. The van der Waals surface area contributed by atoms with E-state index in [1.54, 1.807) is 24.4 Å². The Hall–Kier alpha value is -2.76. The molecule has 0 spiro atoms. The Balaban J connectivity index is 1.52. The van der Waals surface area contributed by atoms with Gasteiger partial charge in [-0.2, -0.15) is 0 Å². The quantitative estimate of drug-likeness (QED) is 0.589. The lowest BCUT2D eigenvalue weighted by Crippen LogP contribution is -2.28. The SMILES string of the molecule is O=C(NCc1cccc(OCc2ccccn2)c1)Nc1ccc(Cl)cc1Cl. The smallest absolute Gasteiger partial charge is 0.319 e. The standard InChI is InChI=1S/C20H17Cl2N3O2/c21-15-7-8-19(18(22)11-15)25-20(26)24-12-14-4-3-6-17(10-14)27-13-16-5-1-2-9-23-16/h1-11H,12-13H2,(H2,24,25,26). The van der Waals surface area contributed by atoms with E-state index in [0.717, 1.165) is 11.3 Å². The van der Waals surface area contributed by atoms with Crippen molar-refractivity contribution in [3.05, 3.63) is 88.2 Å². The van der Waals surface area contributed by atoms with E-state index in [1.165, 1.54) is 0 Å². The number of ether oxygens (including phenoxy) is 1.